The molecule has 1 atom stereocenters. The molecule has 1 unspecified atom stereocenters. The number of benzene rings is 3. The van der Waals surface area contributed by atoms with Gasteiger partial charge in [0.05, 0.1) is 10.6 Å². The largest absolute Gasteiger partial charge is 0.352 e. The van der Waals surface area contributed by atoms with Crippen LogP contribution in [0.3, 0.4) is 0 Å². The first-order chi connectivity index (χ1) is 17.9. The predicted molar refractivity (Wildman–Crippen MR) is 157 cm³/mol. The Morgan fingerprint density at radius 2 is 1.37 bits per heavy atom. The van der Waals surface area contributed by atoms with Crippen molar-refractivity contribution >= 4 is 59.4 Å². The van der Waals surface area contributed by atoms with Crippen LogP contribution in [-0.4, -0.2) is 43.8 Å². The first-order valence-corrected chi connectivity index (χ1v) is 15.1. The molecule has 0 saturated heterocycles. The molecule has 10 heteroatoms. The zero-order valence-electron chi connectivity index (χ0n) is 21.7. The average Bonchev–Trinajstić information content (AvgIpc) is 2.87. The fourth-order valence-corrected chi connectivity index (χ4v) is 5.69. The lowest BCUT2D eigenvalue weighted by Crippen LogP contribution is -2.52. The molecule has 7 nitrogen and oxygen atoms in total. The van der Waals surface area contributed by atoms with Gasteiger partial charge in [-0.05, 0) is 81.8 Å². The van der Waals surface area contributed by atoms with Crippen molar-refractivity contribution in [2.75, 3.05) is 10.8 Å². The van der Waals surface area contributed by atoms with Gasteiger partial charge in [-0.2, -0.15) is 0 Å². The van der Waals surface area contributed by atoms with Gasteiger partial charge in [-0.1, -0.05) is 61.7 Å². The monoisotopic (exact) mass is 663 g/mol. The summed E-state index contributed by atoms with van der Waals surface area (Å²) in [5, 5.41) is 2.85. The molecule has 0 radical (unpaired) electrons. The molecule has 202 valence electrons. The number of hydrogen-bond acceptors (Lipinski definition) is 4. The Hall–Kier alpha value is -2.69. The smallest absolute Gasteiger partial charge is 0.264 e. The van der Waals surface area contributed by atoms with Crippen LogP contribution in [0.25, 0.3) is 0 Å². The minimum Gasteiger partial charge on any atom is -0.352 e. The van der Waals surface area contributed by atoms with Crippen molar-refractivity contribution in [2.24, 2.45) is 0 Å². The zero-order chi connectivity index (χ0) is 28.0. The first-order valence-electron chi connectivity index (χ1n) is 12.1. The Morgan fingerprint density at radius 3 is 1.89 bits per heavy atom. The number of nitrogens with zero attached hydrogens (tertiary/aromatic N) is 2. The summed E-state index contributed by atoms with van der Waals surface area (Å²) >= 11 is 6.79. The minimum atomic E-state index is -4.09. The number of sulfonamides is 1. The molecule has 0 aliphatic heterocycles. The number of hydrogen-bond donors (Lipinski definition) is 1. The molecular formula is C28H31Br2N3O4S. The Bertz CT molecular complexity index is 1360. The van der Waals surface area contributed by atoms with E-state index in [1.807, 2.05) is 45.0 Å². The van der Waals surface area contributed by atoms with Gasteiger partial charge in [-0.3, -0.25) is 13.9 Å². The molecular weight excluding hydrogens is 634 g/mol. The fraction of sp³-hybridized carbons (Fsp3) is 0.286. The van der Waals surface area contributed by atoms with E-state index in [0.717, 1.165) is 24.4 Å². The number of carbonyl (C=O) groups is 2. The summed E-state index contributed by atoms with van der Waals surface area (Å²) < 4.78 is 30.3. The average molecular weight is 665 g/mol. The maximum Gasteiger partial charge on any atom is 0.264 e. The number of anilines is 1. The van der Waals surface area contributed by atoms with Gasteiger partial charge in [0, 0.05) is 21.5 Å². The molecule has 2 amide bonds. The third kappa shape index (κ3) is 7.68. The quantitative estimate of drug-likeness (QED) is 0.303. The van der Waals surface area contributed by atoms with E-state index >= 15 is 0 Å². The Labute approximate surface area is 241 Å². The molecule has 3 rings (SSSR count). The number of rotatable bonds is 10. The van der Waals surface area contributed by atoms with Crippen molar-refractivity contribution in [1.82, 2.24) is 10.2 Å². The minimum absolute atomic E-state index is 0.0730. The molecule has 1 N–H and O–H groups in total. The molecule has 0 saturated carbocycles. The lowest BCUT2D eigenvalue weighted by atomic mass is 10.1. The zero-order valence-corrected chi connectivity index (χ0v) is 25.7. The highest BCUT2D eigenvalue weighted by atomic mass is 79.9. The molecule has 0 aliphatic rings. The third-order valence-corrected chi connectivity index (χ3v) is 8.71. The second kappa shape index (κ2) is 12.9. The lowest BCUT2D eigenvalue weighted by molar-refractivity contribution is -0.139. The Morgan fingerprint density at radius 1 is 0.842 bits per heavy atom. The molecule has 0 aromatic heterocycles. The molecule has 3 aromatic carbocycles. The van der Waals surface area contributed by atoms with E-state index in [-0.39, 0.29) is 23.4 Å². The number of nitrogens with one attached hydrogen (secondary N) is 1. The summed E-state index contributed by atoms with van der Waals surface area (Å²) in [6, 6.07) is 19.7. The van der Waals surface area contributed by atoms with Crippen LogP contribution in [0.4, 0.5) is 5.69 Å². The summed E-state index contributed by atoms with van der Waals surface area (Å²) in [4.78, 5) is 28.3. The standard InChI is InChI=1S/C28H31Br2N3O4S/c1-19(2)31-28(35)21(4)32(17-22-7-9-23(29)10-8-22)27(34)18-33(25-13-11-24(30)12-14-25)38(36,37)26-15-5-20(3)6-16-26/h5-16,19,21H,17-18H2,1-4H3,(H,31,35). The van der Waals surface area contributed by atoms with Crippen LogP contribution in [0.15, 0.2) is 86.6 Å². The fourth-order valence-electron chi connectivity index (χ4n) is 3.75. The van der Waals surface area contributed by atoms with E-state index < -0.39 is 28.5 Å². The van der Waals surface area contributed by atoms with E-state index in [1.54, 1.807) is 43.3 Å². The molecule has 3 aromatic rings. The highest BCUT2D eigenvalue weighted by molar-refractivity contribution is 9.10. The predicted octanol–water partition coefficient (Wildman–Crippen LogP) is 5.66. The van der Waals surface area contributed by atoms with Crippen LogP contribution in [0.2, 0.25) is 0 Å². The first kappa shape index (κ1) is 29.9. The van der Waals surface area contributed by atoms with Crippen molar-refractivity contribution in [3.63, 3.8) is 0 Å². The van der Waals surface area contributed by atoms with E-state index in [4.69, 9.17) is 0 Å². The van der Waals surface area contributed by atoms with E-state index in [2.05, 4.69) is 37.2 Å². The third-order valence-electron chi connectivity index (χ3n) is 5.87. The second-order valence-corrected chi connectivity index (χ2v) is 13.0. The van der Waals surface area contributed by atoms with E-state index in [0.29, 0.717) is 5.69 Å². The normalized spacial score (nSPS) is 12.2. The number of aryl methyl sites for hydroxylation is 1. The molecule has 0 spiro atoms. The molecule has 0 heterocycles. The summed E-state index contributed by atoms with van der Waals surface area (Å²) in [6.45, 7) is 6.86. The molecule has 38 heavy (non-hydrogen) atoms. The van der Waals surface area contributed by atoms with Crippen LogP contribution in [0.1, 0.15) is 31.9 Å². The second-order valence-electron chi connectivity index (χ2n) is 9.29. The van der Waals surface area contributed by atoms with Gasteiger partial charge in [-0.25, -0.2) is 8.42 Å². The van der Waals surface area contributed by atoms with E-state index in [1.165, 1.54) is 17.0 Å². The van der Waals surface area contributed by atoms with Crippen molar-refractivity contribution in [3.8, 4) is 0 Å². The van der Waals surface area contributed by atoms with Crippen molar-refractivity contribution in [3.05, 3.63) is 92.9 Å². The van der Waals surface area contributed by atoms with Gasteiger partial charge in [0.25, 0.3) is 10.0 Å². The summed E-state index contributed by atoms with van der Waals surface area (Å²) in [5.41, 5.74) is 2.06. The lowest BCUT2D eigenvalue weighted by Gasteiger charge is -2.32. The summed E-state index contributed by atoms with van der Waals surface area (Å²) in [6.07, 6.45) is 0. The van der Waals surface area contributed by atoms with Crippen LogP contribution >= 0.6 is 31.9 Å². The SMILES string of the molecule is Cc1ccc(S(=O)(=O)N(CC(=O)N(Cc2ccc(Br)cc2)C(C)C(=O)NC(C)C)c2ccc(Br)cc2)cc1. The Kier molecular flexibility index (Phi) is 10.1. The van der Waals surface area contributed by atoms with Crippen LogP contribution in [0.5, 0.6) is 0 Å². The van der Waals surface area contributed by atoms with Crippen molar-refractivity contribution < 1.29 is 18.0 Å². The van der Waals surface area contributed by atoms with Gasteiger partial charge >= 0.3 is 0 Å². The van der Waals surface area contributed by atoms with Crippen molar-refractivity contribution in [1.29, 1.82) is 0 Å². The Balaban J connectivity index is 2.02. The maximum atomic E-state index is 13.9. The molecule has 0 fully saturated rings. The highest BCUT2D eigenvalue weighted by Gasteiger charge is 2.32. The number of amides is 2. The molecule has 0 aliphatic carbocycles. The summed E-state index contributed by atoms with van der Waals surface area (Å²) in [7, 11) is -4.09. The van der Waals surface area contributed by atoms with Gasteiger partial charge in [0.1, 0.15) is 12.6 Å². The highest BCUT2D eigenvalue weighted by Crippen LogP contribution is 2.26. The summed E-state index contributed by atoms with van der Waals surface area (Å²) in [5.74, 6) is -0.819. The van der Waals surface area contributed by atoms with Crippen LogP contribution in [-0.2, 0) is 26.2 Å². The topological polar surface area (TPSA) is 86.8 Å². The van der Waals surface area contributed by atoms with Gasteiger partial charge in [0.15, 0.2) is 0 Å². The molecule has 0 bridgehead atoms. The van der Waals surface area contributed by atoms with E-state index in [9.17, 15) is 18.0 Å². The maximum absolute atomic E-state index is 13.9. The van der Waals surface area contributed by atoms with Gasteiger partial charge in [-0.15, -0.1) is 0 Å². The number of carbonyl (C=O) groups excluding carboxylic acids is 2. The van der Waals surface area contributed by atoms with Gasteiger partial charge < -0.3 is 10.2 Å². The number of halogens is 2. The van der Waals surface area contributed by atoms with Gasteiger partial charge in [0.2, 0.25) is 11.8 Å². The van der Waals surface area contributed by atoms with Crippen LogP contribution in [0, 0.1) is 6.92 Å². The van der Waals surface area contributed by atoms with Crippen molar-refractivity contribution in [2.45, 2.75) is 51.2 Å². The van der Waals surface area contributed by atoms with Crippen LogP contribution < -0.4 is 9.62 Å².